The molecular weight excluding hydrogens is 310 g/mol. The molecule has 0 saturated heterocycles. The molecule has 0 amide bonds. The molecule has 24 heavy (non-hydrogen) atoms. The Labute approximate surface area is 140 Å². The van der Waals surface area contributed by atoms with Gasteiger partial charge in [-0.3, -0.25) is 10.1 Å². The number of hydrogen-bond acceptors (Lipinski definition) is 6. The summed E-state index contributed by atoms with van der Waals surface area (Å²) in [6, 6.07) is 15.6. The van der Waals surface area contributed by atoms with Crippen LogP contribution in [0.25, 0.3) is 0 Å². The van der Waals surface area contributed by atoms with Gasteiger partial charge in [-0.2, -0.15) is 0 Å². The predicted molar refractivity (Wildman–Crippen MR) is 92.4 cm³/mol. The molecule has 0 fully saturated rings. The van der Waals surface area contributed by atoms with Crippen molar-refractivity contribution in [2.75, 3.05) is 31.6 Å². The van der Waals surface area contributed by atoms with Crippen LogP contribution in [0.15, 0.2) is 54.6 Å². The molecule has 1 atom stereocenters. The molecule has 1 unspecified atom stereocenters. The van der Waals surface area contributed by atoms with E-state index in [0.717, 1.165) is 11.4 Å². The van der Waals surface area contributed by atoms with Crippen LogP contribution in [-0.2, 0) is 0 Å². The maximum absolute atomic E-state index is 10.6. The predicted octanol–water partition coefficient (Wildman–Crippen LogP) is 2.04. The Balaban J connectivity index is 1.56. The van der Waals surface area contributed by atoms with Crippen molar-refractivity contribution in [2.45, 2.75) is 6.10 Å². The van der Waals surface area contributed by atoms with Gasteiger partial charge in [0.25, 0.3) is 5.69 Å². The van der Waals surface area contributed by atoms with Gasteiger partial charge in [-0.25, -0.2) is 0 Å². The van der Waals surface area contributed by atoms with Crippen LogP contribution in [-0.4, -0.2) is 42.4 Å². The molecule has 3 N–H and O–H groups in total. The van der Waals surface area contributed by atoms with Crippen LogP contribution in [0.3, 0.4) is 0 Å². The summed E-state index contributed by atoms with van der Waals surface area (Å²) in [5.74, 6) is 0.733. The highest BCUT2D eigenvalue weighted by atomic mass is 16.6. The molecule has 0 aliphatic rings. The van der Waals surface area contributed by atoms with Gasteiger partial charge in [0, 0.05) is 37.5 Å². The normalized spacial score (nSPS) is 11.7. The SMILES string of the molecule is O=[N+]([O-])c1ccc(NCCNCC(O)COc2ccccc2)cc1. The minimum Gasteiger partial charge on any atom is -0.491 e. The highest BCUT2D eigenvalue weighted by Crippen LogP contribution is 2.14. The fourth-order valence-corrected chi connectivity index (χ4v) is 2.03. The molecule has 0 bridgehead atoms. The van der Waals surface area contributed by atoms with Crippen LogP contribution >= 0.6 is 0 Å². The third-order valence-corrected chi connectivity index (χ3v) is 3.27. The van der Waals surface area contributed by atoms with Gasteiger partial charge in [-0.05, 0) is 24.3 Å². The lowest BCUT2D eigenvalue weighted by molar-refractivity contribution is -0.384. The lowest BCUT2D eigenvalue weighted by Crippen LogP contribution is -2.34. The minimum atomic E-state index is -0.593. The molecule has 0 saturated carbocycles. The van der Waals surface area contributed by atoms with E-state index in [9.17, 15) is 15.2 Å². The van der Waals surface area contributed by atoms with Gasteiger partial charge in [0.15, 0.2) is 0 Å². The van der Waals surface area contributed by atoms with E-state index in [2.05, 4.69) is 10.6 Å². The van der Waals surface area contributed by atoms with E-state index in [1.807, 2.05) is 30.3 Å². The van der Waals surface area contributed by atoms with E-state index < -0.39 is 11.0 Å². The molecular formula is C17H21N3O4. The van der Waals surface area contributed by atoms with Crippen molar-refractivity contribution in [1.29, 1.82) is 0 Å². The summed E-state index contributed by atoms with van der Waals surface area (Å²) in [4.78, 5) is 10.1. The largest absolute Gasteiger partial charge is 0.491 e. The summed E-state index contributed by atoms with van der Waals surface area (Å²) in [7, 11) is 0. The van der Waals surface area contributed by atoms with E-state index in [0.29, 0.717) is 19.6 Å². The first-order valence-electron chi connectivity index (χ1n) is 7.70. The highest BCUT2D eigenvalue weighted by Gasteiger charge is 2.05. The van der Waals surface area contributed by atoms with Crippen molar-refractivity contribution in [3.05, 3.63) is 64.7 Å². The number of ether oxygens (including phenoxy) is 1. The summed E-state index contributed by atoms with van der Waals surface area (Å²) in [6.07, 6.45) is -0.593. The van der Waals surface area contributed by atoms with Gasteiger partial charge in [0.2, 0.25) is 0 Å². The lowest BCUT2D eigenvalue weighted by atomic mass is 10.3. The first-order valence-corrected chi connectivity index (χ1v) is 7.70. The van der Waals surface area contributed by atoms with Crippen LogP contribution in [0.5, 0.6) is 5.75 Å². The Morgan fingerprint density at radius 2 is 1.79 bits per heavy atom. The van der Waals surface area contributed by atoms with E-state index in [1.54, 1.807) is 12.1 Å². The summed E-state index contributed by atoms with van der Waals surface area (Å²) in [5, 5.41) is 26.7. The van der Waals surface area contributed by atoms with Crippen LogP contribution < -0.4 is 15.4 Å². The molecule has 7 heteroatoms. The number of hydrogen-bond donors (Lipinski definition) is 3. The number of nitro groups is 1. The Kier molecular flexibility index (Phi) is 7.00. The molecule has 7 nitrogen and oxygen atoms in total. The Hall–Kier alpha value is -2.64. The standard InChI is InChI=1S/C17H21N3O4/c21-16(13-24-17-4-2-1-3-5-17)12-18-10-11-19-14-6-8-15(9-7-14)20(22)23/h1-9,16,18-19,21H,10-13H2. The molecule has 2 aromatic carbocycles. The number of aliphatic hydroxyl groups is 1. The first kappa shape index (κ1) is 17.7. The second-order valence-electron chi connectivity index (χ2n) is 5.21. The van der Waals surface area contributed by atoms with Crippen molar-refractivity contribution >= 4 is 11.4 Å². The second-order valence-corrected chi connectivity index (χ2v) is 5.21. The van der Waals surface area contributed by atoms with Crippen LogP contribution in [0.2, 0.25) is 0 Å². The molecule has 0 radical (unpaired) electrons. The number of nitrogens with zero attached hydrogens (tertiary/aromatic N) is 1. The van der Waals surface area contributed by atoms with Crippen molar-refractivity contribution in [2.24, 2.45) is 0 Å². The molecule has 128 valence electrons. The molecule has 2 rings (SSSR count). The van der Waals surface area contributed by atoms with Crippen LogP contribution in [0.1, 0.15) is 0 Å². The second kappa shape index (κ2) is 9.49. The van der Waals surface area contributed by atoms with Crippen molar-refractivity contribution in [3.8, 4) is 5.75 Å². The first-order chi connectivity index (χ1) is 11.6. The van der Waals surface area contributed by atoms with E-state index >= 15 is 0 Å². The number of nitrogens with one attached hydrogen (secondary N) is 2. The summed E-state index contributed by atoms with van der Waals surface area (Å²) in [6.45, 7) is 1.95. The Morgan fingerprint density at radius 1 is 1.08 bits per heavy atom. The van der Waals surface area contributed by atoms with Crippen LogP contribution in [0.4, 0.5) is 11.4 Å². The van der Waals surface area contributed by atoms with Crippen molar-refractivity contribution < 1.29 is 14.8 Å². The maximum atomic E-state index is 10.6. The number of para-hydroxylation sites is 1. The summed E-state index contributed by atoms with van der Waals surface area (Å²) >= 11 is 0. The number of rotatable bonds is 10. The Bertz CT molecular complexity index is 619. The minimum absolute atomic E-state index is 0.0696. The molecule has 2 aromatic rings. The fourth-order valence-electron chi connectivity index (χ4n) is 2.03. The van der Waals surface area contributed by atoms with E-state index in [1.165, 1.54) is 12.1 Å². The smallest absolute Gasteiger partial charge is 0.269 e. The van der Waals surface area contributed by atoms with Gasteiger partial charge in [0.1, 0.15) is 18.5 Å². The van der Waals surface area contributed by atoms with Crippen LogP contribution in [0, 0.1) is 10.1 Å². The van der Waals surface area contributed by atoms with E-state index in [-0.39, 0.29) is 12.3 Å². The number of benzene rings is 2. The number of anilines is 1. The number of non-ortho nitro benzene ring substituents is 1. The fraction of sp³-hybridized carbons (Fsp3) is 0.294. The zero-order chi connectivity index (χ0) is 17.2. The van der Waals surface area contributed by atoms with E-state index in [4.69, 9.17) is 4.74 Å². The van der Waals surface area contributed by atoms with Crippen molar-refractivity contribution in [1.82, 2.24) is 5.32 Å². The van der Waals surface area contributed by atoms with Gasteiger partial charge < -0.3 is 20.5 Å². The number of aliphatic hydroxyl groups excluding tert-OH is 1. The van der Waals surface area contributed by atoms with Crippen molar-refractivity contribution in [3.63, 3.8) is 0 Å². The maximum Gasteiger partial charge on any atom is 0.269 e. The zero-order valence-corrected chi connectivity index (χ0v) is 13.2. The molecule has 0 aliphatic heterocycles. The van der Waals surface area contributed by atoms with Gasteiger partial charge in [0.05, 0.1) is 4.92 Å². The quantitative estimate of drug-likeness (QED) is 0.350. The Morgan fingerprint density at radius 3 is 2.46 bits per heavy atom. The van der Waals surface area contributed by atoms with Gasteiger partial charge in [-0.15, -0.1) is 0 Å². The molecule has 0 heterocycles. The molecule has 0 spiro atoms. The highest BCUT2D eigenvalue weighted by molar-refractivity contribution is 5.48. The average molecular weight is 331 g/mol. The monoisotopic (exact) mass is 331 g/mol. The van der Waals surface area contributed by atoms with Gasteiger partial charge >= 0.3 is 0 Å². The topological polar surface area (TPSA) is 96.7 Å². The summed E-state index contributed by atoms with van der Waals surface area (Å²) in [5.41, 5.74) is 0.885. The summed E-state index contributed by atoms with van der Waals surface area (Å²) < 4.78 is 5.46. The number of nitro benzene ring substituents is 1. The molecule has 0 aliphatic carbocycles. The van der Waals surface area contributed by atoms with Gasteiger partial charge in [-0.1, -0.05) is 18.2 Å². The average Bonchev–Trinajstić information content (AvgIpc) is 2.61. The third-order valence-electron chi connectivity index (χ3n) is 3.27. The molecule has 0 aromatic heterocycles. The zero-order valence-electron chi connectivity index (χ0n) is 13.2. The lowest BCUT2D eigenvalue weighted by Gasteiger charge is -2.13. The third kappa shape index (κ3) is 6.23.